The monoisotopic (exact) mass is 329 g/mol. The third-order valence-electron chi connectivity index (χ3n) is 3.81. The van der Waals surface area contributed by atoms with E-state index in [4.69, 9.17) is 4.42 Å². The molecular weight excluding hydrogens is 310 g/mol. The van der Waals surface area contributed by atoms with Gasteiger partial charge in [-0.25, -0.2) is 0 Å². The molecule has 1 aliphatic rings. The van der Waals surface area contributed by atoms with Crippen molar-refractivity contribution in [2.24, 2.45) is 5.92 Å². The Kier molecular flexibility index (Phi) is 5.45. The second-order valence-electron chi connectivity index (χ2n) is 5.13. The van der Waals surface area contributed by atoms with Crippen molar-refractivity contribution in [3.8, 4) is 0 Å². The largest absolute Gasteiger partial charge is 0.457 e. The lowest BCUT2D eigenvalue weighted by atomic mass is 9.82. The summed E-state index contributed by atoms with van der Waals surface area (Å²) in [4.78, 5) is 12.1. The van der Waals surface area contributed by atoms with E-state index in [1.165, 1.54) is 25.5 Å². The Bertz CT molecular complexity index is 413. The standard InChI is InChI=1S/C14H20BrNO3/c15-13-8-11(9-19-13)14(18)16-12(6-7-17)10-4-2-1-3-5-10/h8-10,12,17H,1-7H2,(H,16,18). The first-order chi connectivity index (χ1) is 9.20. The highest BCUT2D eigenvalue weighted by atomic mass is 79.9. The van der Waals surface area contributed by atoms with E-state index in [9.17, 15) is 9.90 Å². The van der Waals surface area contributed by atoms with Gasteiger partial charge in [0.25, 0.3) is 5.91 Å². The smallest absolute Gasteiger partial charge is 0.254 e. The molecule has 2 N–H and O–H groups in total. The zero-order valence-electron chi connectivity index (χ0n) is 10.9. The second-order valence-corrected chi connectivity index (χ2v) is 5.91. The Morgan fingerprint density at radius 1 is 1.47 bits per heavy atom. The normalized spacial score (nSPS) is 18.2. The molecule has 0 bridgehead atoms. The van der Waals surface area contributed by atoms with Crippen LogP contribution in [-0.4, -0.2) is 23.7 Å². The molecule has 1 heterocycles. The first kappa shape index (κ1) is 14.6. The average Bonchev–Trinajstić information content (AvgIpc) is 2.86. The molecule has 1 amide bonds. The minimum atomic E-state index is -0.126. The van der Waals surface area contributed by atoms with Crippen LogP contribution < -0.4 is 5.32 Å². The summed E-state index contributed by atoms with van der Waals surface area (Å²) in [5.74, 6) is 0.360. The van der Waals surface area contributed by atoms with Gasteiger partial charge in [-0.3, -0.25) is 4.79 Å². The lowest BCUT2D eigenvalue weighted by molar-refractivity contribution is 0.0899. The van der Waals surface area contributed by atoms with Crippen LogP contribution in [0.3, 0.4) is 0 Å². The molecule has 1 aliphatic carbocycles. The Morgan fingerprint density at radius 3 is 2.79 bits per heavy atom. The number of hydrogen-bond acceptors (Lipinski definition) is 3. The number of aliphatic hydroxyl groups is 1. The van der Waals surface area contributed by atoms with Crippen LogP contribution in [-0.2, 0) is 0 Å². The first-order valence-corrected chi connectivity index (χ1v) is 7.65. The molecule has 1 saturated carbocycles. The van der Waals surface area contributed by atoms with Crippen molar-refractivity contribution in [2.75, 3.05) is 6.61 Å². The van der Waals surface area contributed by atoms with Gasteiger partial charge < -0.3 is 14.8 Å². The number of amides is 1. The van der Waals surface area contributed by atoms with Gasteiger partial charge in [-0.15, -0.1) is 0 Å². The zero-order chi connectivity index (χ0) is 13.7. The summed E-state index contributed by atoms with van der Waals surface area (Å²) in [5.41, 5.74) is 0.519. The highest BCUT2D eigenvalue weighted by Gasteiger charge is 2.25. The Morgan fingerprint density at radius 2 is 2.21 bits per heavy atom. The Labute approximate surface area is 121 Å². The maximum Gasteiger partial charge on any atom is 0.254 e. The van der Waals surface area contributed by atoms with Crippen LogP contribution in [0.2, 0.25) is 0 Å². The van der Waals surface area contributed by atoms with Crippen molar-refractivity contribution in [1.82, 2.24) is 5.32 Å². The van der Waals surface area contributed by atoms with E-state index >= 15 is 0 Å². The molecule has 1 unspecified atom stereocenters. The molecule has 4 nitrogen and oxygen atoms in total. The molecule has 0 radical (unpaired) electrons. The van der Waals surface area contributed by atoms with Crippen LogP contribution in [0.25, 0.3) is 0 Å². The van der Waals surface area contributed by atoms with Crippen LogP contribution in [0, 0.1) is 5.92 Å². The number of carbonyl (C=O) groups is 1. The number of aliphatic hydroxyl groups excluding tert-OH is 1. The minimum Gasteiger partial charge on any atom is -0.457 e. The van der Waals surface area contributed by atoms with Crippen LogP contribution in [0.15, 0.2) is 21.4 Å². The molecule has 1 fully saturated rings. The van der Waals surface area contributed by atoms with Gasteiger partial charge in [0.1, 0.15) is 6.26 Å². The van der Waals surface area contributed by atoms with Crippen LogP contribution in [0.1, 0.15) is 48.9 Å². The number of halogens is 1. The summed E-state index contributed by atoms with van der Waals surface area (Å²) >= 11 is 3.19. The predicted molar refractivity (Wildman–Crippen MR) is 75.9 cm³/mol. The van der Waals surface area contributed by atoms with Gasteiger partial charge in [0.15, 0.2) is 4.67 Å². The van der Waals surface area contributed by atoms with E-state index in [1.807, 2.05) is 0 Å². The fraction of sp³-hybridized carbons (Fsp3) is 0.643. The first-order valence-electron chi connectivity index (χ1n) is 6.86. The molecule has 1 atom stereocenters. The molecule has 106 valence electrons. The van der Waals surface area contributed by atoms with Crippen LogP contribution >= 0.6 is 15.9 Å². The zero-order valence-corrected chi connectivity index (χ0v) is 12.5. The Balaban J connectivity index is 1.97. The Hall–Kier alpha value is -0.810. The van der Waals surface area contributed by atoms with Crippen molar-refractivity contribution in [3.63, 3.8) is 0 Å². The SMILES string of the molecule is O=C(NC(CCO)C1CCCCC1)c1coc(Br)c1. The highest BCUT2D eigenvalue weighted by molar-refractivity contribution is 9.10. The van der Waals surface area contributed by atoms with Gasteiger partial charge in [-0.2, -0.15) is 0 Å². The maximum absolute atomic E-state index is 12.1. The molecule has 0 aromatic carbocycles. The maximum atomic E-state index is 12.1. The second kappa shape index (κ2) is 7.10. The van der Waals surface area contributed by atoms with E-state index < -0.39 is 0 Å². The molecule has 1 aromatic heterocycles. The van der Waals surface area contributed by atoms with E-state index in [0.717, 1.165) is 12.8 Å². The quantitative estimate of drug-likeness (QED) is 0.872. The van der Waals surface area contributed by atoms with Crippen molar-refractivity contribution >= 4 is 21.8 Å². The number of furan rings is 1. The molecule has 0 spiro atoms. The third kappa shape index (κ3) is 4.08. The summed E-state index contributed by atoms with van der Waals surface area (Å²) in [5, 5.41) is 12.2. The van der Waals surface area contributed by atoms with E-state index in [1.54, 1.807) is 6.07 Å². The lowest BCUT2D eigenvalue weighted by Crippen LogP contribution is -2.41. The third-order valence-corrected chi connectivity index (χ3v) is 4.22. The predicted octanol–water partition coefficient (Wildman–Crippen LogP) is 3.10. The summed E-state index contributed by atoms with van der Waals surface area (Å²) in [7, 11) is 0. The van der Waals surface area contributed by atoms with Gasteiger partial charge in [0, 0.05) is 18.7 Å². The number of carbonyl (C=O) groups excluding carboxylic acids is 1. The van der Waals surface area contributed by atoms with Gasteiger partial charge in [-0.1, -0.05) is 19.3 Å². The summed E-state index contributed by atoms with van der Waals surface area (Å²) in [6.45, 7) is 0.108. The summed E-state index contributed by atoms with van der Waals surface area (Å²) in [6.07, 6.45) is 8.07. The molecule has 2 rings (SSSR count). The van der Waals surface area contributed by atoms with Crippen molar-refractivity contribution < 1.29 is 14.3 Å². The fourth-order valence-corrected chi connectivity index (χ4v) is 3.12. The molecular formula is C14H20BrNO3. The fourth-order valence-electron chi connectivity index (χ4n) is 2.78. The molecule has 5 heteroatoms. The topological polar surface area (TPSA) is 62.5 Å². The molecule has 0 saturated heterocycles. The van der Waals surface area contributed by atoms with Gasteiger partial charge in [0.05, 0.1) is 5.56 Å². The van der Waals surface area contributed by atoms with Gasteiger partial charge in [0.2, 0.25) is 0 Å². The minimum absolute atomic E-state index is 0.0616. The summed E-state index contributed by atoms with van der Waals surface area (Å²) in [6, 6.07) is 1.72. The van der Waals surface area contributed by atoms with Gasteiger partial charge >= 0.3 is 0 Å². The van der Waals surface area contributed by atoms with E-state index in [2.05, 4.69) is 21.2 Å². The molecule has 1 aromatic rings. The van der Waals surface area contributed by atoms with Crippen LogP contribution in [0.5, 0.6) is 0 Å². The number of rotatable bonds is 5. The molecule has 19 heavy (non-hydrogen) atoms. The van der Waals surface area contributed by atoms with Crippen molar-refractivity contribution in [1.29, 1.82) is 0 Å². The average molecular weight is 330 g/mol. The van der Waals surface area contributed by atoms with Crippen molar-refractivity contribution in [3.05, 3.63) is 22.6 Å². The van der Waals surface area contributed by atoms with E-state index in [-0.39, 0.29) is 18.6 Å². The number of hydrogen-bond donors (Lipinski definition) is 2. The number of nitrogens with one attached hydrogen (secondary N) is 1. The summed E-state index contributed by atoms with van der Waals surface area (Å²) < 4.78 is 5.63. The van der Waals surface area contributed by atoms with Crippen molar-refractivity contribution in [2.45, 2.75) is 44.6 Å². The molecule has 0 aliphatic heterocycles. The van der Waals surface area contributed by atoms with E-state index in [0.29, 0.717) is 22.6 Å². The van der Waals surface area contributed by atoms with Crippen LogP contribution in [0.4, 0.5) is 0 Å². The highest BCUT2D eigenvalue weighted by Crippen LogP contribution is 2.28. The lowest BCUT2D eigenvalue weighted by Gasteiger charge is -2.30. The van der Waals surface area contributed by atoms with Gasteiger partial charge in [-0.05, 0) is 41.1 Å².